The molecule has 3 rings (SSSR count). The summed E-state index contributed by atoms with van der Waals surface area (Å²) >= 11 is 1.83. The van der Waals surface area contributed by atoms with Crippen molar-refractivity contribution in [3.63, 3.8) is 0 Å². The fourth-order valence-corrected chi connectivity index (χ4v) is 3.18. The van der Waals surface area contributed by atoms with E-state index >= 15 is 0 Å². The van der Waals surface area contributed by atoms with Crippen molar-refractivity contribution in [3.05, 3.63) is 35.2 Å². The molecule has 0 aliphatic heterocycles. The largest absolute Gasteiger partial charge is 0.395 e. The molecule has 0 radical (unpaired) electrons. The Kier molecular flexibility index (Phi) is 1.70. The van der Waals surface area contributed by atoms with Crippen molar-refractivity contribution in [3.8, 4) is 0 Å². The minimum Gasteiger partial charge on any atom is -0.395 e. The minimum absolute atomic E-state index is 0.129. The molecule has 0 spiro atoms. The van der Waals surface area contributed by atoms with E-state index in [1.165, 1.54) is 15.0 Å². The number of benzene rings is 1. The maximum absolute atomic E-state index is 9.34. The van der Waals surface area contributed by atoms with E-state index in [-0.39, 0.29) is 5.41 Å². The molecule has 0 saturated heterocycles. The monoisotopic (exact) mass is 204 g/mol. The van der Waals surface area contributed by atoms with Crippen molar-refractivity contribution in [1.82, 2.24) is 0 Å². The first kappa shape index (κ1) is 8.45. The van der Waals surface area contributed by atoms with Crippen molar-refractivity contribution in [2.24, 2.45) is 0 Å². The summed E-state index contributed by atoms with van der Waals surface area (Å²) in [5, 5.41) is 10.7. The quantitative estimate of drug-likeness (QED) is 0.797. The summed E-state index contributed by atoms with van der Waals surface area (Å²) in [5.74, 6) is 0. The predicted octanol–water partition coefficient (Wildman–Crippen LogP) is 2.93. The number of aliphatic hydroxyl groups excluding tert-OH is 1. The van der Waals surface area contributed by atoms with Gasteiger partial charge in [-0.25, -0.2) is 0 Å². The molecule has 1 aliphatic rings. The van der Waals surface area contributed by atoms with Crippen molar-refractivity contribution in [2.45, 2.75) is 18.3 Å². The van der Waals surface area contributed by atoms with Gasteiger partial charge in [-0.15, -0.1) is 11.3 Å². The molecule has 0 atom stereocenters. The van der Waals surface area contributed by atoms with Gasteiger partial charge in [0.1, 0.15) is 0 Å². The molecule has 0 amide bonds. The van der Waals surface area contributed by atoms with Gasteiger partial charge in [-0.3, -0.25) is 0 Å². The molecule has 0 bridgehead atoms. The van der Waals surface area contributed by atoms with Crippen molar-refractivity contribution >= 4 is 21.4 Å². The van der Waals surface area contributed by atoms with Gasteiger partial charge in [0, 0.05) is 15.0 Å². The molecular formula is C12H12OS. The van der Waals surface area contributed by atoms with Gasteiger partial charge < -0.3 is 5.11 Å². The Labute approximate surface area is 87.0 Å². The summed E-state index contributed by atoms with van der Waals surface area (Å²) in [4.78, 5) is 1.36. The van der Waals surface area contributed by atoms with Crippen LogP contribution in [0, 0.1) is 0 Å². The van der Waals surface area contributed by atoms with Crippen LogP contribution in [0.4, 0.5) is 0 Å². The number of rotatable bonds is 2. The predicted molar refractivity (Wildman–Crippen MR) is 59.8 cm³/mol. The number of hydrogen-bond acceptors (Lipinski definition) is 2. The average molecular weight is 204 g/mol. The molecule has 1 N–H and O–H groups in total. The van der Waals surface area contributed by atoms with Gasteiger partial charge in [-0.05, 0) is 30.4 Å². The van der Waals surface area contributed by atoms with Crippen LogP contribution in [0.15, 0.2) is 30.3 Å². The van der Waals surface area contributed by atoms with Gasteiger partial charge in [0.05, 0.1) is 6.61 Å². The second-order valence-corrected chi connectivity index (χ2v) is 5.17. The Morgan fingerprint density at radius 1 is 1.29 bits per heavy atom. The van der Waals surface area contributed by atoms with Gasteiger partial charge in [-0.2, -0.15) is 0 Å². The van der Waals surface area contributed by atoms with Crippen LogP contribution >= 0.6 is 11.3 Å². The molecular weight excluding hydrogens is 192 g/mol. The second-order valence-electron chi connectivity index (χ2n) is 4.09. The highest BCUT2D eigenvalue weighted by Gasteiger charge is 2.44. The highest BCUT2D eigenvalue weighted by molar-refractivity contribution is 7.19. The summed E-state index contributed by atoms with van der Waals surface area (Å²) in [7, 11) is 0. The van der Waals surface area contributed by atoms with E-state index in [9.17, 15) is 5.11 Å². The molecule has 1 aliphatic carbocycles. The summed E-state index contributed by atoms with van der Waals surface area (Å²) in [6.07, 6.45) is 2.30. The average Bonchev–Trinajstić information content (AvgIpc) is 2.91. The molecule has 0 unspecified atom stereocenters. The maximum atomic E-state index is 9.34. The fourth-order valence-electron chi connectivity index (χ4n) is 1.88. The first-order valence-corrected chi connectivity index (χ1v) is 5.76. The zero-order chi connectivity index (χ0) is 9.60. The highest BCUT2D eigenvalue weighted by Crippen LogP contribution is 2.51. The third-order valence-corrected chi connectivity index (χ3v) is 4.47. The summed E-state index contributed by atoms with van der Waals surface area (Å²) in [6, 6.07) is 10.7. The van der Waals surface area contributed by atoms with Crippen LogP contribution in [0.2, 0.25) is 0 Å². The number of hydrogen-bond donors (Lipinski definition) is 1. The van der Waals surface area contributed by atoms with Crippen LogP contribution in [0.25, 0.3) is 10.1 Å². The van der Waals surface area contributed by atoms with Crippen LogP contribution in [0.3, 0.4) is 0 Å². The lowest BCUT2D eigenvalue weighted by Crippen LogP contribution is -2.09. The lowest BCUT2D eigenvalue weighted by molar-refractivity contribution is 0.257. The molecule has 1 aromatic heterocycles. The highest BCUT2D eigenvalue weighted by atomic mass is 32.1. The van der Waals surface area contributed by atoms with Gasteiger partial charge in [-0.1, -0.05) is 18.2 Å². The third-order valence-electron chi connectivity index (χ3n) is 3.10. The Bertz CT molecular complexity index is 435. The van der Waals surface area contributed by atoms with Crippen LogP contribution in [0.5, 0.6) is 0 Å². The van der Waals surface area contributed by atoms with Crippen molar-refractivity contribution < 1.29 is 5.11 Å². The fraction of sp³-hybridized carbons (Fsp3) is 0.333. The molecule has 1 aromatic carbocycles. The first-order chi connectivity index (χ1) is 6.84. The summed E-state index contributed by atoms with van der Waals surface area (Å²) in [6.45, 7) is 0.305. The van der Waals surface area contributed by atoms with Gasteiger partial charge in [0.15, 0.2) is 0 Å². The van der Waals surface area contributed by atoms with Crippen LogP contribution in [-0.2, 0) is 5.41 Å². The SMILES string of the molecule is OCC1(c2cc3ccccc3s2)CC1. The molecule has 1 heterocycles. The molecule has 2 aromatic rings. The zero-order valence-electron chi connectivity index (χ0n) is 7.86. The van der Waals surface area contributed by atoms with Gasteiger partial charge >= 0.3 is 0 Å². The Balaban J connectivity index is 2.15. The molecule has 1 nitrogen and oxygen atoms in total. The van der Waals surface area contributed by atoms with Gasteiger partial charge in [0.25, 0.3) is 0 Å². The first-order valence-electron chi connectivity index (χ1n) is 4.94. The Morgan fingerprint density at radius 2 is 2.07 bits per heavy atom. The molecule has 72 valence electrons. The topological polar surface area (TPSA) is 20.2 Å². The number of thiophene rings is 1. The Morgan fingerprint density at radius 3 is 2.71 bits per heavy atom. The molecule has 1 fully saturated rings. The lowest BCUT2D eigenvalue weighted by atomic mass is 10.1. The lowest BCUT2D eigenvalue weighted by Gasteiger charge is -2.06. The molecule has 1 saturated carbocycles. The van der Waals surface area contributed by atoms with E-state index in [0.29, 0.717) is 6.61 Å². The van der Waals surface area contributed by atoms with Crippen molar-refractivity contribution in [1.29, 1.82) is 0 Å². The van der Waals surface area contributed by atoms with Crippen LogP contribution in [-0.4, -0.2) is 11.7 Å². The van der Waals surface area contributed by atoms with E-state index in [1.54, 1.807) is 0 Å². The van der Waals surface area contributed by atoms with E-state index in [0.717, 1.165) is 12.8 Å². The number of aliphatic hydroxyl groups is 1. The van der Waals surface area contributed by atoms with Crippen LogP contribution in [0.1, 0.15) is 17.7 Å². The zero-order valence-corrected chi connectivity index (χ0v) is 8.68. The second kappa shape index (κ2) is 2.81. The van der Waals surface area contributed by atoms with Gasteiger partial charge in [0.2, 0.25) is 0 Å². The van der Waals surface area contributed by atoms with Crippen molar-refractivity contribution in [2.75, 3.05) is 6.61 Å². The summed E-state index contributed by atoms with van der Waals surface area (Å²) in [5.41, 5.74) is 0.129. The normalized spacial score (nSPS) is 18.6. The Hall–Kier alpha value is -0.860. The standard InChI is InChI=1S/C12H12OS/c13-8-12(5-6-12)11-7-9-3-1-2-4-10(9)14-11/h1-4,7,13H,5-6,8H2. The maximum Gasteiger partial charge on any atom is 0.0535 e. The van der Waals surface area contributed by atoms with E-state index < -0.39 is 0 Å². The van der Waals surface area contributed by atoms with Crippen LogP contribution < -0.4 is 0 Å². The van der Waals surface area contributed by atoms with E-state index in [1.807, 2.05) is 11.3 Å². The molecule has 14 heavy (non-hydrogen) atoms. The third kappa shape index (κ3) is 1.11. The minimum atomic E-state index is 0.129. The smallest absolute Gasteiger partial charge is 0.0535 e. The summed E-state index contributed by atoms with van der Waals surface area (Å²) < 4.78 is 1.34. The van der Waals surface area contributed by atoms with E-state index in [4.69, 9.17) is 0 Å². The van der Waals surface area contributed by atoms with E-state index in [2.05, 4.69) is 30.3 Å². The number of fused-ring (bicyclic) bond motifs is 1. The molecule has 2 heteroatoms.